The number of carbonyl (C=O) groups is 1. The third-order valence-corrected chi connectivity index (χ3v) is 3.03. The van der Waals surface area contributed by atoms with Gasteiger partial charge in [-0.05, 0) is 61.0 Å². The first kappa shape index (κ1) is 16.8. The molecule has 0 aliphatic carbocycles. The Morgan fingerprint density at radius 3 is 2.35 bits per heavy atom. The van der Waals surface area contributed by atoms with Crippen molar-refractivity contribution in [2.24, 2.45) is 5.10 Å². The Hall–Kier alpha value is -2.53. The van der Waals surface area contributed by atoms with E-state index in [1.807, 2.05) is 31.2 Å². The first-order chi connectivity index (χ1) is 11.2. The number of ether oxygens (including phenoxy) is 2. The van der Waals surface area contributed by atoms with Crippen LogP contribution in [0.15, 0.2) is 53.6 Å². The van der Waals surface area contributed by atoms with Crippen LogP contribution in [0.3, 0.4) is 0 Å². The normalized spacial score (nSPS) is 10.5. The monoisotopic (exact) mass is 332 g/mol. The predicted molar refractivity (Wildman–Crippen MR) is 90.3 cm³/mol. The second-order valence-corrected chi connectivity index (χ2v) is 4.97. The van der Waals surface area contributed by atoms with E-state index in [1.54, 1.807) is 30.5 Å². The highest BCUT2D eigenvalue weighted by Gasteiger charge is 2.01. The maximum Gasteiger partial charge on any atom is 0.277 e. The van der Waals surface area contributed by atoms with Gasteiger partial charge in [0, 0.05) is 5.02 Å². The van der Waals surface area contributed by atoms with Crippen molar-refractivity contribution in [3.63, 3.8) is 0 Å². The largest absolute Gasteiger partial charge is 0.494 e. The van der Waals surface area contributed by atoms with E-state index in [1.165, 1.54) is 0 Å². The minimum atomic E-state index is -0.345. The first-order valence-electron chi connectivity index (χ1n) is 7.10. The number of carbonyl (C=O) groups excluding carboxylic acids is 1. The predicted octanol–water partition coefficient (Wildman–Crippen LogP) is 3.27. The van der Waals surface area contributed by atoms with Gasteiger partial charge >= 0.3 is 0 Å². The van der Waals surface area contributed by atoms with Crippen LogP contribution in [0.5, 0.6) is 11.5 Å². The molecule has 120 valence electrons. The number of benzene rings is 2. The van der Waals surface area contributed by atoms with Crippen LogP contribution < -0.4 is 14.9 Å². The zero-order valence-corrected chi connectivity index (χ0v) is 13.4. The molecule has 0 spiro atoms. The van der Waals surface area contributed by atoms with Crippen LogP contribution in [-0.4, -0.2) is 25.3 Å². The molecule has 0 saturated heterocycles. The van der Waals surface area contributed by atoms with E-state index in [-0.39, 0.29) is 12.5 Å². The molecule has 1 amide bonds. The highest BCUT2D eigenvalue weighted by molar-refractivity contribution is 6.30. The summed E-state index contributed by atoms with van der Waals surface area (Å²) < 4.78 is 10.7. The molecule has 0 heterocycles. The van der Waals surface area contributed by atoms with Crippen LogP contribution in [0.25, 0.3) is 0 Å². The van der Waals surface area contributed by atoms with Crippen molar-refractivity contribution in [3.05, 3.63) is 59.1 Å². The van der Waals surface area contributed by atoms with Gasteiger partial charge in [0.15, 0.2) is 6.61 Å². The minimum absolute atomic E-state index is 0.123. The SMILES string of the molecule is CCOc1ccc(C=NNC(=O)COc2ccc(Cl)cc2)cc1. The quantitative estimate of drug-likeness (QED) is 0.625. The van der Waals surface area contributed by atoms with Crippen LogP contribution in [0.2, 0.25) is 5.02 Å². The minimum Gasteiger partial charge on any atom is -0.494 e. The summed E-state index contributed by atoms with van der Waals surface area (Å²) >= 11 is 5.77. The highest BCUT2D eigenvalue weighted by atomic mass is 35.5. The number of rotatable bonds is 7. The van der Waals surface area contributed by atoms with Gasteiger partial charge in [-0.25, -0.2) is 5.43 Å². The Labute approximate surface area is 139 Å². The molecule has 0 aliphatic rings. The molecule has 23 heavy (non-hydrogen) atoms. The van der Waals surface area contributed by atoms with Gasteiger partial charge in [0.25, 0.3) is 5.91 Å². The number of halogens is 1. The van der Waals surface area contributed by atoms with Crippen molar-refractivity contribution in [2.75, 3.05) is 13.2 Å². The molecule has 6 heteroatoms. The third kappa shape index (κ3) is 6.00. The summed E-state index contributed by atoms with van der Waals surface area (Å²) in [5.74, 6) is 1.02. The second-order valence-electron chi connectivity index (χ2n) is 4.54. The van der Waals surface area contributed by atoms with Gasteiger partial charge in [0.1, 0.15) is 11.5 Å². The lowest BCUT2D eigenvalue weighted by atomic mass is 10.2. The Kier molecular flexibility index (Phi) is 6.44. The van der Waals surface area contributed by atoms with E-state index in [9.17, 15) is 4.79 Å². The molecule has 2 aromatic carbocycles. The lowest BCUT2D eigenvalue weighted by molar-refractivity contribution is -0.123. The molecular weight excluding hydrogens is 316 g/mol. The molecule has 0 unspecified atom stereocenters. The van der Waals surface area contributed by atoms with E-state index in [2.05, 4.69) is 10.5 Å². The second kappa shape index (κ2) is 8.80. The number of nitrogens with one attached hydrogen (secondary N) is 1. The molecule has 0 atom stereocenters. The van der Waals surface area contributed by atoms with Crippen LogP contribution >= 0.6 is 11.6 Å². The topological polar surface area (TPSA) is 59.9 Å². The summed E-state index contributed by atoms with van der Waals surface area (Å²) in [5.41, 5.74) is 3.25. The van der Waals surface area contributed by atoms with Crippen molar-refractivity contribution < 1.29 is 14.3 Å². The molecule has 0 saturated carbocycles. The fourth-order valence-electron chi connectivity index (χ4n) is 1.71. The lowest BCUT2D eigenvalue weighted by Gasteiger charge is -2.05. The highest BCUT2D eigenvalue weighted by Crippen LogP contribution is 2.15. The fourth-order valence-corrected chi connectivity index (χ4v) is 1.83. The van der Waals surface area contributed by atoms with Crippen molar-refractivity contribution in [3.8, 4) is 11.5 Å². The number of hydrazone groups is 1. The molecule has 0 aliphatic heterocycles. The number of nitrogens with zero attached hydrogens (tertiary/aromatic N) is 1. The van der Waals surface area contributed by atoms with Crippen molar-refractivity contribution >= 4 is 23.7 Å². The zero-order valence-electron chi connectivity index (χ0n) is 12.7. The van der Waals surface area contributed by atoms with E-state index in [0.29, 0.717) is 17.4 Å². The molecule has 0 aromatic heterocycles. The summed E-state index contributed by atoms with van der Waals surface area (Å²) in [6.07, 6.45) is 1.55. The fraction of sp³-hybridized carbons (Fsp3) is 0.176. The van der Waals surface area contributed by atoms with E-state index in [0.717, 1.165) is 11.3 Å². The average molecular weight is 333 g/mol. The Morgan fingerprint density at radius 1 is 1.09 bits per heavy atom. The summed E-state index contributed by atoms with van der Waals surface area (Å²) in [6.45, 7) is 2.43. The van der Waals surface area contributed by atoms with Crippen LogP contribution in [0.4, 0.5) is 0 Å². The van der Waals surface area contributed by atoms with E-state index >= 15 is 0 Å². The first-order valence-corrected chi connectivity index (χ1v) is 7.48. The zero-order chi connectivity index (χ0) is 16.5. The van der Waals surface area contributed by atoms with Gasteiger partial charge in [-0.3, -0.25) is 4.79 Å². The number of hydrogen-bond acceptors (Lipinski definition) is 4. The van der Waals surface area contributed by atoms with Crippen molar-refractivity contribution in [2.45, 2.75) is 6.92 Å². The van der Waals surface area contributed by atoms with Gasteiger partial charge in [0.05, 0.1) is 12.8 Å². The molecule has 2 rings (SSSR count). The molecule has 2 aromatic rings. The summed E-state index contributed by atoms with van der Waals surface area (Å²) in [6, 6.07) is 14.2. The third-order valence-electron chi connectivity index (χ3n) is 2.78. The van der Waals surface area contributed by atoms with Gasteiger partial charge in [-0.2, -0.15) is 5.10 Å². The molecule has 0 radical (unpaired) electrons. The average Bonchev–Trinajstić information content (AvgIpc) is 2.56. The lowest BCUT2D eigenvalue weighted by Crippen LogP contribution is -2.24. The Balaban J connectivity index is 1.75. The smallest absolute Gasteiger partial charge is 0.277 e. The van der Waals surface area contributed by atoms with Crippen LogP contribution in [0, 0.1) is 0 Å². The van der Waals surface area contributed by atoms with Crippen molar-refractivity contribution in [1.29, 1.82) is 0 Å². The molecule has 5 nitrogen and oxygen atoms in total. The van der Waals surface area contributed by atoms with Gasteiger partial charge in [-0.15, -0.1) is 0 Å². The molecular formula is C17H17ClN2O3. The molecule has 1 N–H and O–H groups in total. The summed E-state index contributed by atoms with van der Waals surface area (Å²) in [4.78, 5) is 11.6. The summed E-state index contributed by atoms with van der Waals surface area (Å²) in [5, 5.41) is 4.49. The molecule has 0 bridgehead atoms. The molecule has 0 fully saturated rings. The van der Waals surface area contributed by atoms with E-state index in [4.69, 9.17) is 21.1 Å². The standard InChI is InChI=1S/C17H17ClN2O3/c1-2-22-15-7-3-13(4-8-15)11-19-20-17(21)12-23-16-9-5-14(18)6-10-16/h3-11H,2,12H2,1H3,(H,20,21). The summed E-state index contributed by atoms with van der Waals surface area (Å²) in [7, 11) is 0. The van der Waals surface area contributed by atoms with Gasteiger partial charge < -0.3 is 9.47 Å². The number of hydrogen-bond donors (Lipinski definition) is 1. The number of amides is 1. The Morgan fingerprint density at radius 2 is 1.70 bits per heavy atom. The maximum absolute atomic E-state index is 11.6. The van der Waals surface area contributed by atoms with Crippen LogP contribution in [0.1, 0.15) is 12.5 Å². The van der Waals surface area contributed by atoms with Crippen LogP contribution in [-0.2, 0) is 4.79 Å². The Bertz CT molecular complexity index is 655. The van der Waals surface area contributed by atoms with Gasteiger partial charge in [-0.1, -0.05) is 11.6 Å². The van der Waals surface area contributed by atoms with E-state index < -0.39 is 0 Å². The van der Waals surface area contributed by atoms with Crippen molar-refractivity contribution in [1.82, 2.24) is 5.43 Å². The maximum atomic E-state index is 11.6. The van der Waals surface area contributed by atoms with Gasteiger partial charge in [0.2, 0.25) is 0 Å².